The summed E-state index contributed by atoms with van der Waals surface area (Å²) in [7, 11) is 0. The first-order chi connectivity index (χ1) is 9.38. The summed E-state index contributed by atoms with van der Waals surface area (Å²) in [5.74, 6) is -1.15. The lowest BCUT2D eigenvalue weighted by atomic mass is 10.1. The van der Waals surface area contributed by atoms with Gasteiger partial charge in [-0.15, -0.1) is 0 Å². The van der Waals surface area contributed by atoms with E-state index in [1.165, 1.54) is 11.0 Å². The van der Waals surface area contributed by atoms with Crippen molar-refractivity contribution in [2.75, 3.05) is 6.54 Å². The molecule has 1 unspecified atom stereocenters. The van der Waals surface area contributed by atoms with Gasteiger partial charge in [0.15, 0.2) is 0 Å². The van der Waals surface area contributed by atoms with Gasteiger partial charge in [0.25, 0.3) is 5.91 Å². The van der Waals surface area contributed by atoms with E-state index in [2.05, 4.69) is 4.98 Å². The Bertz CT molecular complexity index is 505. The van der Waals surface area contributed by atoms with E-state index in [1.807, 2.05) is 13.8 Å². The molecular weight excluding hydrogens is 280 g/mol. The summed E-state index contributed by atoms with van der Waals surface area (Å²) in [5, 5.41) is 9.11. The standard InChI is InChI=1S/C14H19ClN2O3/c1-4-11-7-10(8-12(15)16-11)14(20)17(5-2)9(3)6-13(18)19/h7-9H,4-6H2,1-3H3,(H,18,19). The van der Waals surface area contributed by atoms with Crippen LogP contribution in [0.5, 0.6) is 0 Å². The van der Waals surface area contributed by atoms with Crippen molar-refractivity contribution in [2.24, 2.45) is 0 Å². The van der Waals surface area contributed by atoms with Gasteiger partial charge < -0.3 is 10.0 Å². The highest BCUT2D eigenvalue weighted by Gasteiger charge is 2.22. The summed E-state index contributed by atoms with van der Waals surface area (Å²) in [6.07, 6.45) is 0.594. The van der Waals surface area contributed by atoms with Gasteiger partial charge in [-0.05, 0) is 32.4 Å². The lowest BCUT2D eigenvalue weighted by Crippen LogP contribution is -2.39. The summed E-state index contributed by atoms with van der Waals surface area (Å²) in [6, 6.07) is 2.84. The zero-order chi connectivity index (χ0) is 15.3. The number of nitrogens with zero attached hydrogens (tertiary/aromatic N) is 2. The zero-order valence-electron chi connectivity index (χ0n) is 11.9. The minimum Gasteiger partial charge on any atom is -0.481 e. The Labute approximate surface area is 123 Å². The van der Waals surface area contributed by atoms with Crippen molar-refractivity contribution in [1.29, 1.82) is 0 Å². The largest absolute Gasteiger partial charge is 0.481 e. The Kier molecular flexibility index (Phi) is 5.95. The first kappa shape index (κ1) is 16.4. The van der Waals surface area contributed by atoms with Crippen LogP contribution in [0.2, 0.25) is 5.15 Å². The van der Waals surface area contributed by atoms with Crippen molar-refractivity contribution in [3.05, 3.63) is 28.5 Å². The molecule has 0 saturated carbocycles. The van der Waals surface area contributed by atoms with E-state index in [1.54, 1.807) is 13.0 Å². The van der Waals surface area contributed by atoms with Crippen LogP contribution in [0.25, 0.3) is 0 Å². The molecule has 0 aliphatic rings. The van der Waals surface area contributed by atoms with Crippen LogP contribution in [-0.2, 0) is 11.2 Å². The Hall–Kier alpha value is -1.62. The molecule has 0 saturated heterocycles. The van der Waals surface area contributed by atoms with Gasteiger partial charge in [-0.1, -0.05) is 18.5 Å². The fraction of sp³-hybridized carbons (Fsp3) is 0.500. The quantitative estimate of drug-likeness (QED) is 0.820. The van der Waals surface area contributed by atoms with E-state index in [9.17, 15) is 9.59 Å². The summed E-state index contributed by atoms with van der Waals surface area (Å²) in [6.45, 7) is 5.91. The molecule has 0 aliphatic heterocycles. The van der Waals surface area contributed by atoms with Crippen LogP contribution in [0.4, 0.5) is 0 Å². The van der Waals surface area contributed by atoms with E-state index in [-0.39, 0.29) is 23.5 Å². The predicted octanol–water partition coefficient (Wildman–Crippen LogP) is 2.62. The highest BCUT2D eigenvalue weighted by molar-refractivity contribution is 6.29. The molecule has 1 atom stereocenters. The first-order valence-electron chi connectivity index (χ1n) is 6.58. The summed E-state index contributed by atoms with van der Waals surface area (Å²) >= 11 is 5.91. The van der Waals surface area contributed by atoms with Crippen molar-refractivity contribution in [3.8, 4) is 0 Å². The number of rotatable bonds is 6. The molecular formula is C14H19ClN2O3. The molecule has 110 valence electrons. The van der Waals surface area contributed by atoms with E-state index in [4.69, 9.17) is 16.7 Å². The number of aromatic nitrogens is 1. The molecule has 1 aromatic heterocycles. The van der Waals surface area contributed by atoms with Crippen molar-refractivity contribution in [1.82, 2.24) is 9.88 Å². The molecule has 1 amide bonds. The predicted molar refractivity (Wildman–Crippen MR) is 77.1 cm³/mol. The summed E-state index contributed by atoms with van der Waals surface area (Å²) < 4.78 is 0. The lowest BCUT2D eigenvalue weighted by Gasteiger charge is -2.27. The van der Waals surface area contributed by atoms with Crippen LogP contribution in [-0.4, -0.2) is 39.5 Å². The maximum atomic E-state index is 12.5. The van der Waals surface area contributed by atoms with Gasteiger partial charge in [0.1, 0.15) is 5.15 Å². The number of hydrogen-bond donors (Lipinski definition) is 1. The third-order valence-corrected chi connectivity index (χ3v) is 3.25. The number of halogens is 1. The van der Waals surface area contributed by atoms with Gasteiger partial charge in [-0.3, -0.25) is 9.59 Å². The first-order valence-corrected chi connectivity index (χ1v) is 6.96. The molecule has 5 nitrogen and oxygen atoms in total. The maximum Gasteiger partial charge on any atom is 0.305 e. The van der Waals surface area contributed by atoms with Crippen LogP contribution in [0, 0.1) is 0 Å². The third-order valence-electron chi connectivity index (χ3n) is 3.06. The van der Waals surface area contributed by atoms with Gasteiger partial charge in [0, 0.05) is 23.8 Å². The number of amides is 1. The van der Waals surface area contributed by atoms with Gasteiger partial charge in [0.05, 0.1) is 6.42 Å². The average molecular weight is 299 g/mol. The Morgan fingerprint density at radius 2 is 2.05 bits per heavy atom. The van der Waals surface area contributed by atoms with E-state index in [0.29, 0.717) is 18.5 Å². The Morgan fingerprint density at radius 3 is 2.55 bits per heavy atom. The molecule has 0 radical (unpaired) electrons. The number of aliphatic carboxylic acids is 1. The molecule has 0 fully saturated rings. The molecule has 1 aromatic rings. The maximum absolute atomic E-state index is 12.5. The third kappa shape index (κ3) is 4.20. The number of carboxylic acids is 1. The average Bonchev–Trinajstić information content (AvgIpc) is 2.37. The molecule has 1 rings (SSSR count). The van der Waals surface area contributed by atoms with Crippen LogP contribution in [0.15, 0.2) is 12.1 Å². The molecule has 1 N–H and O–H groups in total. The fourth-order valence-electron chi connectivity index (χ4n) is 2.04. The molecule has 0 spiro atoms. The van der Waals surface area contributed by atoms with Crippen molar-refractivity contribution in [3.63, 3.8) is 0 Å². The highest BCUT2D eigenvalue weighted by Crippen LogP contribution is 2.16. The van der Waals surface area contributed by atoms with Crippen LogP contribution >= 0.6 is 11.6 Å². The minimum atomic E-state index is -0.925. The van der Waals surface area contributed by atoms with E-state index in [0.717, 1.165) is 5.69 Å². The van der Waals surface area contributed by atoms with Crippen molar-refractivity contribution in [2.45, 2.75) is 39.7 Å². The van der Waals surface area contributed by atoms with Gasteiger partial charge in [-0.2, -0.15) is 0 Å². The van der Waals surface area contributed by atoms with Crippen molar-refractivity contribution < 1.29 is 14.7 Å². The summed E-state index contributed by atoms with van der Waals surface area (Å²) in [4.78, 5) is 28.9. The molecule has 0 aliphatic carbocycles. The minimum absolute atomic E-state index is 0.0843. The normalized spacial score (nSPS) is 12.0. The number of pyridine rings is 1. The van der Waals surface area contributed by atoms with Crippen LogP contribution in [0.3, 0.4) is 0 Å². The number of aryl methyl sites for hydroxylation is 1. The Morgan fingerprint density at radius 1 is 1.40 bits per heavy atom. The van der Waals surface area contributed by atoms with Gasteiger partial charge in [-0.25, -0.2) is 4.98 Å². The van der Waals surface area contributed by atoms with E-state index < -0.39 is 5.97 Å². The lowest BCUT2D eigenvalue weighted by molar-refractivity contribution is -0.138. The second-order valence-corrected chi connectivity index (χ2v) is 4.95. The monoisotopic (exact) mass is 298 g/mol. The topological polar surface area (TPSA) is 70.5 Å². The molecule has 0 bridgehead atoms. The van der Waals surface area contributed by atoms with Gasteiger partial charge in [0.2, 0.25) is 0 Å². The number of hydrogen-bond acceptors (Lipinski definition) is 3. The Balaban J connectivity index is 3.01. The molecule has 0 aromatic carbocycles. The molecule has 1 heterocycles. The second-order valence-electron chi connectivity index (χ2n) is 4.56. The number of carbonyl (C=O) groups is 2. The van der Waals surface area contributed by atoms with E-state index >= 15 is 0 Å². The summed E-state index contributed by atoms with van der Waals surface area (Å²) in [5.41, 5.74) is 1.18. The highest BCUT2D eigenvalue weighted by atomic mass is 35.5. The number of carbonyl (C=O) groups excluding carboxylic acids is 1. The number of carboxylic acid groups (broad SMARTS) is 1. The SMILES string of the molecule is CCc1cc(C(=O)N(CC)C(C)CC(=O)O)cc(Cl)n1. The molecule has 6 heteroatoms. The smallest absolute Gasteiger partial charge is 0.305 e. The van der Waals surface area contributed by atoms with Gasteiger partial charge >= 0.3 is 5.97 Å². The fourth-order valence-corrected chi connectivity index (χ4v) is 2.27. The molecule has 20 heavy (non-hydrogen) atoms. The van der Waals surface area contributed by atoms with Crippen LogP contribution < -0.4 is 0 Å². The zero-order valence-corrected chi connectivity index (χ0v) is 12.6. The van der Waals surface area contributed by atoms with Crippen molar-refractivity contribution >= 4 is 23.5 Å². The second kappa shape index (κ2) is 7.24. The van der Waals surface area contributed by atoms with Crippen LogP contribution in [0.1, 0.15) is 43.2 Å².